The van der Waals surface area contributed by atoms with Crippen molar-refractivity contribution in [2.45, 2.75) is 24.7 Å². The second-order valence-corrected chi connectivity index (χ2v) is 8.09. The number of benzene rings is 2. The zero-order chi connectivity index (χ0) is 20.6. The summed E-state index contributed by atoms with van der Waals surface area (Å²) in [6, 6.07) is 11.0. The molecule has 0 radical (unpaired) electrons. The molecule has 0 aliphatic heterocycles. The smallest absolute Gasteiger partial charge is 0.262 e. The van der Waals surface area contributed by atoms with E-state index in [9.17, 15) is 13.2 Å². The predicted molar refractivity (Wildman–Crippen MR) is 109 cm³/mol. The Morgan fingerprint density at radius 1 is 1.18 bits per heavy atom. The van der Waals surface area contributed by atoms with Crippen molar-refractivity contribution in [3.8, 4) is 11.5 Å². The summed E-state index contributed by atoms with van der Waals surface area (Å²) in [4.78, 5) is 12.1. The Labute approximate surface area is 170 Å². The van der Waals surface area contributed by atoms with Crippen LogP contribution >= 0.6 is 11.6 Å². The maximum absolute atomic E-state index is 12.2. The molecule has 152 valence electrons. The van der Waals surface area contributed by atoms with E-state index in [1.807, 2.05) is 6.92 Å². The number of rotatable bonds is 10. The fourth-order valence-electron chi connectivity index (χ4n) is 2.27. The molecule has 0 unspecified atom stereocenters. The lowest BCUT2D eigenvalue weighted by atomic mass is 10.3. The van der Waals surface area contributed by atoms with Crippen LogP contribution in [0, 0.1) is 0 Å². The number of hydrogen-bond donors (Lipinski definition) is 2. The summed E-state index contributed by atoms with van der Waals surface area (Å²) in [6.45, 7) is 2.05. The molecule has 0 aliphatic rings. The summed E-state index contributed by atoms with van der Waals surface area (Å²) in [5.74, 6) is 0.448. The monoisotopic (exact) mass is 426 g/mol. The van der Waals surface area contributed by atoms with E-state index in [0.29, 0.717) is 18.0 Å². The van der Waals surface area contributed by atoms with E-state index >= 15 is 0 Å². The molecule has 0 heterocycles. The van der Waals surface area contributed by atoms with E-state index in [-0.39, 0.29) is 28.2 Å². The highest BCUT2D eigenvalue weighted by atomic mass is 35.5. The van der Waals surface area contributed by atoms with E-state index in [4.69, 9.17) is 21.1 Å². The minimum Gasteiger partial charge on any atom is -0.497 e. The number of amides is 1. The van der Waals surface area contributed by atoms with E-state index < -0.39 is 10.0 Å². The minimum atomic E-state index is -3.63. The molecule has 0 bridgehead atoms. The molecule has 9 heteroatoms. The highest BCUT2D eigenvalue weighted by molar-refractivity contribution is 7.89. The Morgan fingerprint density at radius 3 is 2.64 bits per heavy atom. The van der Waals surface area contributed by atoms with Gasteiger partial charge >= 0.3 is 0 Å². The van der Waals surface area contributed by atoms with Crippen molar-refractivity contribution >= 4 is 33.2 Å². The van der Waals surface area contributed by atoms with Crippen molar-refractivity contribution in [2.24, 2.45) is 0 Å². The summed E-state index contributed by atoms with van der Waals surface area (Å²) in [6.07, 6.45) is 1.63. The summed E-state index contributed by atoms with van der Waals surface area (Å²) in [5.41, 5.74) is 0.568. The number of carbonyl (C=O) groups is 1. The fourth-order valence-corrected chi connectivity index (χ4v) is 3.67. The van der Waals surface area contributed by atoms with E-state index in [2.05, 4.69) is 10.0 Å². The second kappa shape index (κ2) is 10.3. The molecule has 0 fully saturated rings. The van der Waals surface area contributed by atoms with Crippen LogP contribution in [0.2, 0.25) is 5.02 Å². The molecule has 28 heavy (non-hydrogen) atoms. The fraction of sp³-hybridized carbons (Fsp3) is 0.316. The van der Waals surface area contributed by atoms with Gasteiger partial charge in [0.25, 0.3) is 5.91 Å². The SMILES string of the molecule is CCCCNS(=O)(=O)c1ccc(OCC(=O)Nc2cccc(OC)c2)c(Cl)c1. The van der Waals surface area contributed by atoms with Crippen LogP contribution in [-0.2, 0) is 14.8 Å². The van der Waals surface area contributed by atoms with Crippen molar-refractivity contribution in [2.75, 3.05) is 25.6 Å². The lowest BCUT2D eigenvalue weighted by Crippen LogP contribution is -2.24. The summed E-state index contributed by atoms with van der Waals surface area (Å²) < 4.78 is 37.4. The predicted octanol–water partition coefficient (Wildman–Crippen LogP) is 3.44. The van der Waals surface area contributed by atoms with Crippen molar-refractivity contribution < 1.29 is 22.7 Å². The standard InChI is InChI=1S/C19H23ClN2O5S/c1-3-4-10-21-28(24,25)16-8-9-18(17(20)12-16)27-13-19(23)22-14-6-5-7-15(11-14)26-2/h5-9,11-12,21H,3-4,10,13H2,1-2H3,(H,22,23). The maximum atomic E-state index is 12.2. The minimum absolute atomic E-state index is 0.0433. The quantitative estimate of drug-likeness (QED) is 0.567. The van der Waals surface area contributed by atoms with Crippen molar-refractivity contribution in [1.29, 1.82) is 0 Å². The van der Waals surface area contributed by atoms with Gasteiger partial charge in [-0.05, 0) is 36.8 Å². The maximum Gasteiger partial charge on any atom is 0.262 e. The molecule has 0 spiro atoms. The lowest BCUT2D eigenvalue weighted by Gasteiger charge is -2.11. The van der Waals surface area contributed by atoms with Crippen LogP contribution in [0.3, 0.4) is 0 Å². The number of anilines is 1. The number of unbranched alkanes of at least 4 members (excludes halogenated alkanes) is 1. The second-order valence-electron chi connectivity index (χ2n) is 5.91. The van der Waals surface area contributed by atoms with Crippen LogP contribution in [0.4, 0.5) is 5.69 Å². The number of hydrogen-bond acceptors (Lipinski definition) is 5. The molecule has 1 amide bonds. The van der Waals surface area contributed by atoms with Crippen LogP contribution in [0.25, 0.3) is 0 Å². The first-order valence-corrected chi connectivity index (χ1v) is 10.6. The number of halogens is 1. The first-order chi connectivity index (χ1) is 13.4. The van der Waals surface area contributed by atoms with Gasteiger partial charge in [0.1, 0.15) is 11.5 Å². The Bertz CT molecular complexity index is 918. The Balaban J connectivity index is 1.96. The molecule has 2 aromatic rings. The van der Waals surface area contributed by atoms with Crippen LogP contribution in [0.15, 0.2) is 47.4 Å². The molecule has 0 aliphatic carbocycles. The van der Waals surface area contributed by atoms with Gasteiger partial charge in [-0.3, -0.25) is 4.79 Å². The third kappa shape index (κ3) is 6.40. The van der Waals surface area contributed by atoms with E-state index in [1.165, 1.54) is 25.3 Å². The number of sulfonamides is 1. The highest BCUT2D eigenvalue weighted by Gasteiger charge is 2.16. The Hall–Kier alpha value is -2.29. The zero-order valence-electron chi connectivity index (χ0n) is 15.7. The van der Waals surface area contributed by atoms with Gasteiger partial charge in [0.2, 0.25) is 10.0 Å². The lowest BCUT2D eigenvalue weighted by molar-refractivity contribution is -0.118. The number of nitrogens with one attached hydrogen (secondary N) is 2. The van der Waals surface area contributed by atoms with Gasteiger partial charge in [-0.15, -0.1) is 0 Å². The molecule has 0 atom stereocenters. The largest absolute Gasteiger partial charge is 0.497 e. The average Bonchev–Trinajstić information content (AvgIpc) is 2.67. The molecule has 2 aromatic carbocycles. The zero-order valence-corrected chi connectivity index (χ0v) is 17.3. The van der Waals surface area contributed by atoms with Gasteiger partial charge in [0.05, 0.1) is 17.0 Å². The van der Waals surface area contributed by atoms with Gasteiger partial charge in [-0.1, -0.05) is 31.0 Å². The van der Waals surface area contributed by atoms with Gasteiger partial charge in [-0.2, -0.15) is 0 Å². The molecule has 0 aromatic heterocycles. The third-order valence-corrected chi connectivity index (χ3v) is 5.50. The van der Waals surface area contributed by atoms with Gasteiger partial charge in [0, 0.05) is 18.3 Å². The summed E-state index contributed by atoms with van der Waals surface area (Å²) in [5, 5.41) is 2.78. The van der Waals surface area contributed by atoms with Crippen LogP contribution in [0.1, 0.15) is 19.8 Å². The Kier molecular flexibility index (Phi) is 8.10. The first-order valence-electron chi connectivity index (χ1n) is 8.71. The van der Waals surface area contributed by atoms with Gasteiger partial charge in [0.15, 0.2) is 6.61 Å². The first kappa shape index (κ1) is 22.0. The number of ether oxygens (including phenoxy) is 2. The van der Waals surface area contributed by atoms with Gasteiger partial charge < -0.3 is 14.8 Å². The summed E-state index contributed by atoms with van der Waals surface area (Å²) in [7, 11) is -2.09. The van der Waals surface area contributed by atoms with Crippen molar-refractivity contribution in [3.05, 3.63) is 47.5 Å². The number of methoxy groups -OCH3 is 1. The topological polar surface area (TPSA) is 93.7 Å². The summed E-state index contributed by atoms with van der Waals surface area (Å²) >= 11 is 6.11. The molecular weight excluding hydrogens is 404 g/mol. The van der Waals surface area contributed by atoms with Crippen molar-refractivity contribution in [1.82, 2.24) is 4.72 Å². The molecule has 2 rings (SSSR count). The third-order valence-electron chi connectivity index (χ3n) is 3.75. The van der Waals surface area contributed by atoms with Crippen molar-refractivity contribution in [3.63, 3.8) is 0 Å². The molecular formula is C19H23ClN2O5S. The average molecular weight is 427 g/mol. The van der Waals surface area contributed by atoms with Gasteiger partial charge in [-0.25, -0.2) is 13.1 Å². The van der Waals surface area contributed by atoms with E-state index in [1.54, 1.807) is 24.3 Å². The number of carbonyl (C=O) groups excluding carboxylic acids is 1. The molecule has 0 saturated carbocycles. The Morgan fingerprint density at radius 2 is 1.96 bits per heavy atom. The highest BCUT2D eigenvalue weighted by Crippen LogP contribution is 2.27. The van der Waals surface area contributed by atoms with Crippen LogP contribution in [-0.4, -0.2) is 34.6 Å². The van der Waals surface area contributed by atoms with Crippen LogP contribution < -0.4 is 19.5 Å². The molecule has 7 nitrogen and oxygen atoms in total. The normalized spacial score (nSPS) is 11.1. The van der Waals surface area contributed by atoms with E-state index in [0.717, 1.165) is 12.8 Å². The molecule has 2 N–H and O–H groups in total. The molecule has 0 saturated heterocycles. The van der Waals surface area contributed by atoms with Crippen LogP contribution in [0.5, 0.6) is 11.5 Å².